The van der Waals surface area contributed by atoms with Crippen LogP contribution in [0.1, 0.15) is 22.3 Å². The van der Waals surface area contributed by atoms with E-state index in [1.165, 1.54) is 13.3 Å². The lowest BCUT2D eigenvalue weighted by Gasteiger charge is -2.23. The van der Waals surface area contributed by atoms with Crippen molar-refractivity contribution in [1.29, 1.82) is 0 Å². The first-order valence-electron chi connectivity index (χ1n) is 8.68. The molecule has 142 valence electrons. The highest BCUT2D eigenvalue weighted by Crippen LogP contribution is 2.32. The fourth-order valence-electron chi connectivity index (χ4n) is 3.21. The van der Waals surface area contributed by atoms with Crippen molar-refractivity contribution in [3.8, 4) is 5.88 Å². The van der Waals surface area contributed by atoms with E-state index in [2.05, 4.69) is 4.98 Å². The number of pyridine rings is 1. The number of hydrogen-bond donors (Lipinski definition) is 1. The van der Waals surface area contributed by atoms with Crippen molar-refractivity contribution in [3.05, 3.63) is 59.8 Å². The Labute approximate surface area is 157 Å². The van der Waals surface area contributed by atoms with Crippen LogP contribution in [0.4, 0.5) is 0 Å². The minimum Gasteiger partial charge on any atom is -0.481 e. The van der Waals surface area contributed by atoms with Crippen molar-refractivity contribution in [2.24, 2.45) is 5.41 Å². The van der Waals surface area contributed by atoms with Gasteiger partial charge in [-0.25, -0.2) is 4.98 Å². The summed E-state index contributed by atoms with van der Waals surface area (Å²) in [6.45, 7) is 0.924. The van der Waals surface area contributed by atoms with Gasteiger partial charge >= 0.3 is 5.97 Å². The summed E-state index contributed by atoms with van der Waals surface area (Å²) in [5.41, 5.74) is 0.373. The van der Waals surface area contributed by atoms with Gasteiger partial charge in [-0.15, -0.1) is 0 Å². The van der Waals surface area contributed by atoms with Gasteiger partial charge in [-0.05, 0) is 18.1 Å². The second-order valence-electron chi connectivity index (χ2n) is 6.65. The van der Waals surface area contributed by atoms with Gasteiger partial charge in [0.25, 0.3) is 5.91 Å². The summed E-state index contributed by atoms with van der Waals surface area (Å²) in [7, 11) is 1.47. The van der Waals surface area contributed by atoms with Crippen molar-refractivity contribution in [2.45, 2.75) is 13.0 Å². The maximum absolute atomic E-state index is 12.8. The summed E-state index contributed by atoms with van der Waals surface area (Å²) in [6.07, 6.45) is 1.88. The Morgan fingerprint density at radius 1 is 1.26 bits per heavy atom. The first-order valence-corrected chi connectivity index (χ1v) is 8.68. The molecule has 1 unspecified atom stereocenters. The summed E-state index contributed by atoms with van der Waals surface area (Å²) in [5, 5.41) is 9.54. The minimum atomic E-state index is -1.05. The fourth-order valence-corrected chi connectivity index (χ4v) is 3.21. The van der Waals surface area contributed by atoms with Crippen molar-refractivity contribution >= 4 is 11.9 Å². The molecule has 27 heavy (non-hydrogen) atoms. The van der Waals surface area contributed by atoms with Gasteiger partial charge in [-0.3, -0.25) is 9.59 Å². The molecule has 1 N–H and O–H groups in total. The number of likely N-dealkylation sites (tertiary alicyclic amines) is 1. The number of carboxylic acids is 1. The number of ether oxygens (including phenoxy) is 2. The number of aliphatic carboxylic acids is 1. The second kappa shape index (κ2) is 8.18. The molecule has 3 rings (SSSR count). The third-order valence-corrected chi connectivity index (χ3v) is 4.73. The summed E-state index contributed by atoms with van der Waals surface area (Å²) in [5.74, 6) is -0.826. The Morgan fingerprint density at radius 3 is 2.74 bits per heavy atom. The van der Waals surface area contributed by atoms with Crippen LogP contribution in [0.2, 0.25) is 0 Å². The summed E-state index contributed by atoms with van der Waals surface area (Å²) in [6, 6.07) is 12.9. The molecule has 7 nitrogen and oxygen atoms in total. The van der Waals surface area contributed by atoms with E-state index in [9.17, 15) is 14.7 Å². The molecule has 1 aliphatic rings. The molecule has 1 aromatic carbocycles. The molecular formula is C20H22N2O5. The van der Waals surface area contributed by atoms with Gasteiger partial charge in [0.2, 0.25) is 5.88 Å². The minimum absolute atomic E-state index is 0.0773. The van der Waals surface area contributed by atoms with Crippen LogP contribution in [0, 0.1) is 5.41 Å². The topological polar surface area (TPSA) is 89.0 Å². The predicted octanol–water partition coefficient (Wildman–Crippen LogP) is 2.22. The van der Waals surface area contributed by atoms with E-state index in [0.29, 0.717) is 31.0 Å². The van der Waals surface area contributed by atoms with Gasteiger partial charge in [-0.1, -0.05) is 30.3 Å². The van der Waals surface area contributed by atoms with Gasteiger partial charge in [-0.2, -0.15) is 0 Å². The van der Waals surface area contributed by atoms with Crippen molar-refractivity contribution in [2.75, 3.05) is 26.8 Å². The van der Waals surface area contributed by atoms with E-state index in [1.807, 2.05) is 30.3 Å². The number of rotatable bonds is 7. The highest BCUT2D eigenvalue weighted by Gasteiger charge is 2.46. The van der Waals surface area contributed by atoms with Crippen LogP contribution in [0.25, 0.3) is 0 Å². The molecule has 0 spiro atoms. The van der Waals surface area contributed by atoms with E-state index in [4.69, 9.17) is 9.47 Å². The number of carbonyl (C=O) groups excluding carboxylic acids is 1. The zero-order chi connectivity index (χ0) is 19.3. The number of carboxylic acid groups (broad SMARTS) is 1. The third-order valence-electron chi connectivity index (χ3n) is 4.73. The van der Waals surface area contributed by atoms with E-state index in [1.54, 1.807) is 17.0 Å². The van der Waals surface area contributed by atoms with Gasteiger partial charge in [0.15, 0.2) is 0 Å². The molecule has 1 saturated heterocycles. The quantitative estimate of drug-likeness (QED) is 0.804. The van der Waals surface area contributed by atoms with Crippen LogP contribution in [0.5, 0.6) is 5.88 Å². The zero-order valence-electron chi connectivity index (χ0n) is 15.1. The molecule has 0 aliphatic carbocycles. The van der Waals surface area contributed by atoms with E-state index < -0.39 is 11.4 Å². The van der Waals surface area contributed by atoms with Crippen LogP contribution in [-0.4, -0.2) is 53.7 Å². The monoisotopic (exact) mass is 370 g/mol. The van der Waals surface area contributed by atoms with E-state index in [-0.39, 0.29) is 19.1 Å². The number of amides is 1. The number of nitrogens with zero attached hydrogens (tertiary/aromatic N) is 2. The van der Waals surface area contributed by atoms with Crippen molar-refractivity contribution in [3.63, 3.8) is 0 Å². The van der Waals surface area contributed by atoms with Crippen LogP contribution >= 0.6 is 0 Å². The molecule has 1 aromatic heterocycles. The van der Waals surface area contributed by atoms with E-state index >= 15 is 0 Å². The standard InChI is InChI=1S/C20H22N2O5/c1-26-14-20(19(24)25)8-10-22(13-20)18(23)16-7-9-21-17(11-16)27-12-15-5-3-2-4-6-15/h2-7,9,11H,8,10,12-14H2,1H3,(H,24,25). The van der Waals surface area contributed by atoms with E-state index in [0.717, 1.165) is 5.56 Å². The average molecular weight is 370 g/mol. The first-order chi connectivity index (χ1) is 13.0. The Morgan fingerprint density at radius 2 is 2.04 bits per heavy atom. The fraction of sp³-hybridized carbons (Fsp3) is 0.350. The lowest BCUT2D eigenvalue weighted by molar-refractivity contribution is -0.151. The maximum atomic E-state index is 12.8. The van der Waals surface area contributed by atoms with Gasteiger partial charge < -0.3 is 19.5 Å². The Bertz CT molecular complexity index is 811. The van der Waals surface area contributed by atoms with Crippen LogP contribution in [0.3, 0.4) is 0 Å². The van der Waals surface area contributed by atoms with Gasteiger partial charge in [0, 0.05) is 38.0 Å². The largest absolute Gasteiger partial charge is 0.481 e. The smallest absolute Gasteiger partial charge is 0.313 e. The van der Waals surface area contributed by atoms with Crippen LogP contribution in [-0.2, 0) is 16.1 Å². The van der Waals surface area contributed by atoms with Crippen molar-refractivity contribution < 1.29 is 24.2 Å². The Balaban J connectivity index is 1.68. The predicted molar refractivity (Wildman–Crippen MR) is 97.5 cm³/mol. The molecule has 1 aliphatic heterocycles. The number of benzene rings is 1. The molecule has 1 amide bonds. The van der Waals surface area contributed by atoms with Crippen molar-refractivity contribution in [1.82, 2.24) is 9.88 Å². The number of methoxy groups -OCH3 is 1. The van der Waals surface area contributed by atoms with Crippen LogP contribution in [0.15, 0.2) is 48.7 Å². The summed E-state index contributed by atoms with van der Waals surface area (Å²) < 4.78 is 10.7. The molecule has 7 heteroatoms. The molecule has 1 fully saturated rings. The zero-order valence-corrected chi connectivity index (χ0v) is 15.1. The number of carbonyl (C=O) groups is 2. The molecule has 2 heterocycles. The summed E-state index contributed by atoms with van der Waals surface area (Å²) in [4.78, 5) is 30.1. The normalized spacial score (nSPS) is 19.1. The summed E-state index contributed by atoms with van der Waals surface area (Å²) >= 11 is 0. The maximum Gasteiger partial charge on any atom is 0.313 e. The third kappa shape index (κ3) is 4.25. The molecule has 0 radical (unpaired) electrons. The number of aromatic nitrogens is 1. The first kappa shape index (κ1) is 18.8. The molecule has 2 aromatic rings. The molecular weight excluding hydrogens is 348 g/mol. The van der Waals surface area contributed by atoms with Gasteiger partial charge in [0.1, 0.15) is 12.0 Å². The SMILES string of the molecule is COCC1(C(=O)O)CCN(C(=O)c2ccnc(OCc3ccccc3)c2)C1. The molecule has 1 atom stereocenters. The lowest BCUT2D eigenvalue weighted by Crippen LogP contribution is -2.40. The lowest BCUT2D eigenvalue weighted by atomic mass is 9.88. The average Bonchev–Trinajstić information content (AvgIpc) is 3.13. The Hall–Kier alpha value is -2.93. The second-order valence-corrected chi connectivity index (χ2v) is 6.65. The molecule has 0 bridgehead atoms. The van der Waals surface area contributed by atoms with Crippen LogP contribution < -0.4 is 4.74 Å². The number of hydrogen-bond acceptors (Lipinski definition) is 5. The molecule has 0 saturated carbocycles. The van der Waals surface area contributed by atoms with Gasteiger partial charge in [0.05, 0.1) is 6.61 Å². The Kier molecular flexibility index (Phi) is 5.71. The highest BCUT2D eigenvalue weighted by atomic mass is 16.5. The highest BCUT2D eigenvalue weighted by molar-refractivity contribution is 5.95.